The number of nitrogen functional groups attached to an aromatic ring is 1. The van der Waals surface area contributed by atoms with E-state index in [0.717, 1.165) is 18.5 Å². The first-order chi connectivity index (χ1) is 7.77. The summed E-state index contributed by atoms with van der Waals surface area (Å²) in [6.45, 7) is 4.72. The number of carbonyl (C=O) groups is 1. The van der Waals surface area contributed by atoms with Gasteiger partial charge in [-0.25, -0.2) is 10.8 Å². The van der Waals surface area contributed by atoms with E-state index in [4.69, 9.17) is 10.6 Å². The first-order valence-electron chi connectivity index (χ1n) is 4.92. The highest BCUT2D eigenvalue weighted by Gasteiger charge is 2.08. The monoisotopic (exact) mass is 241 g/mol. The third-order valence-electron chi connectivity index (χ3n) is 1.82. The van der Waals surface area contributed by atoms with Gasteiger partial charge in [0.2, 0.25) is 0 Å². The smallest absolute Gasteiger partial charge is 0.294 e. The largest absolute Gasteiger partial charge is 0.375 e. The van der Waals surface area contributed by atoms with Crippen molar-refractivity contribution >= 4 is 17.2 Å². The molecule has 1 aromatic heterocycles. The second-order valence-electron chi connectivity index (χ2n) is 3.10. The fraction of sp³-hybridized carbons (Fsp3) is 0.400. The van der Waals surface area contributed by atoms with E-state index in [0.29, 0.717) is 18.2 Å². The molecule has 0 aromatic carbocycles. The van der Waals surface area contributed by atoms with E-state index in [1.54, 1.807) is 5.38 Å². The molecule has 0 aliphatic carbocycles. The summed E-state index contributed by atoms with van der Waals surface area (Å²) in [4.78, 5) is 15.2. The molecule has 0 radical (unpaired) electrons. The average molecular weight is 241 g/mol. The Balaban J connectivity index is 2.29. The maximum Gasteiger partial charge on any atom is 0.294 e. The number of aromatic nitrogens is 1. The Morgan fingerprint density at radius 1 is 1.75 bits per heavy atom. The fourth-order valence-electron chi connectivity index (χ4n) is 1.05. The van der Waals surface area contributed by atoms with Gasteiger partial charge in [-0.05, 0) is 12.8 Å². The number of rotatable bonds is 7. The van der Waals surface area contributed by atoms with Gasteiger partial charge >= 0.3 is 0 Å². The van der Waals surface area contributed by atoms with E-state index in [2.05, 4.69) is 11.6 Å². The number of hydrogen-bond donors (Lipinski definition) is 2. The SMILES string of the molecule is C=CCCCOCc1csc(C(=O)NN)n1. The van der Waals surface area contributed by atoms with Crippen LogP contribution in [-0.2, 0) is 11.3 Å². The van der Waals surface area contributed by atoms with Crippen LogP contribution in [0, 0.1) is 0 Å². The topological polar surface area (TPSA) is 77.2 Å². The third-order valence-corrected chi connectivity index (χ3v) is 2.71. The van der Waals surface area contributed by atoms with Crippen molar-refractivity contribution in [2.75, 3.05) is 6.61 Å². The summed E-state index contributed by atoms with van der Waals surface area (Å²) in [5.74, 6) is 4.62. The number of hydrogen-bond acceptors (Lipinski definition) is 5. The molecule has 5 nitrogen and oxygen atoms in total. The zero-order chi connectivity index (χ0) is 11.8. The molecule has 0 saturated carbocycles. The molecule has 16 heavy (non-hydrogen) atoms. The predicted octanol–water partition coefficient (Wildman–Crippen LogP) is 1.23. The standard InChI is InChI=1S/C10H15N3O2S/c1-2-3-4-5-15-6-8-7-16-10(12-8)9(14)13-11/h2,7H,1,3-6,11H2,(H,13,14). The number of allylic oxidation sites excluding steroid dienone is 1. The van der Waals surface area contributed by atoms with Crippen molar-refractivity contribution in [3.63, 3.8) is 0 Å². The number of unbranched alkanes of at least 4 members (excludes halogenated alkanes) is 1. The Morgan fingerprint density at radius 3 is 3.25 bits per heavy atom. The maximum atomic E-state index is 11.1. The second kappa shape index (κ2) is 7.10. The quantitative estimate of drug-likeness (QED) is 0.247. The van der Waals surface area contributed by atoms with Gasteiger partial charge in [0.25, 0.3) is 5.91 Å². The lowest BCUT2D eigenvalue weighted by molar-refractivity contribution is 0.0951. The number of nitrogens with two attached hydrogens (primary N) is 1. The van der Waals surface area contributed by atoms with Crippen LogP contribution < -0.4 is 11.3 Å². The van der Waals surface area contributed by atoms with Gasteiger partial charge in [0.15, 0.2) is 5.01 Å². The van der Waals surface area contributed by atoms with Gasteiger partial charge in [-0.2, -0.15) is 0 Å². The Bertz CT molecular complexity index is 352. The number of nitrogens with zero attached hydrogens (tertiary/aromatic N) is 1. The zero-order valence-electron chi connectivity index (χ0n) is 8.94. The minimum atomic E-state index is -0.372. The van der Waals surface area contributed by atoms with Crippen LogP contribution in [0.15, 0.2) is 18.0 Å². The van der Waals surface area contributed by atoms with Crippen LogP contribution in [0.3, 0.4) is 0 Å². The molecule has 0 saturated heterocycles. The Labute approximate surface area is 98.3 Å². The average Bonchev–Trinajstić information content (AvgIpc) is 2.76. The number of nitrogens with one attached hydrogen (secondary N) is 1. The minimum Gasteiger partial charge on any atom is -0.375 e. The first-order valence-corrected chi connectivity index (χ1v) is 5.80. The van der Waals surface area contributed by atoms with Gasteiger partial charge in [0.1, 0.15) is 0 Å². The molecule has 1 amide bonds. The summed E-state index contributed by atoms with van der Waals surface area (Å²) in [7, 11) is 0. The molecule has 0 aliphatic heterocycles. The molecule has 0 aliphatic rings. The predicted molar refractivity (Wildman–Crippen MR) is 62.9 cm³/mol. The Hall–Kier alpha value is -1.24. The van der Waals surface area contributed by atoms with E-state index in [-0.39, 0.29) is 5.91 Å². The molecule has 0 fully saturated rings. The van der Waals surface area contributed by atoms with Crippen LogP contribution in [0.25, 0.3) is 0 Å². The molecule has 0 atom stereocenters. The summed E-state index contributed by atoms with van der Waals surface area (Å²) >= 11 is 1.25. The lowest BCUT2D eigenvalue weighted by atomic mass is 10.3. The minimum absolute atomic E-state index is 0.354. The van der Waals surface area contributed by atoms with E-state index < -0.39 is 0 Å². The zero-order valence-corrected chi connectivity index (χ0v) is 9.76. The van der Waals surface area contributed by atoms with Crippen molar-refractivity contribution in [2.45, 2.75) is 19.4 Å². The van der Waals surface area contributed by atoms with Crippen LogP contribution in [-0.4, -0.2) is 17.5 Å². The van der Waals surface area contributed by atoms with E-state index in [1.807, 2.05) is 11.5 Å². The van der Waals surface area contributed by atoms with Crippen LogP contribution in [0.4, 0.5) is 0 Å². The van der Waals surface area contributed by atoms with Crippen LogP contribution >= 0.6 is 11.3 Å². The highest BCUT2D eigenvalue weighted by atomic mass is 32.1. The van der Waals surface area contributed by atoms with E-state index >= 15 is 0 Å². The van der Waals surface area contributed by atoms with E-state index in [9.17, 15) is 4.79 Å². The highest BCUT2D eigenvalue weighted by Crippen LogP contribution is 2.10. The molecule has 88 valence electrons. The summed E-state index contributed by atoms with van der Waals surface area (Å²) in [5, 5.41) is 2.14. The maximum absolute atomic E-state index is 11.1. The third kappa shape index (κ3) is 4.09. The van der Waals surface area contributed by atoms with Crippen LogP contribution in [0.2, 0.25) is 0 Å². The van der Waals surface area contributed by atoms with Gasteiger partial charge in [-0.15, -0.1) is 17.9 Å². The molecule has 1 aromatic rings. The van der Waals surface area contributed by atoms with Crippen molar-refractivity contribution in [1.82, 2.24) is 10.4 Å². The summed E-state index contributed by atoms with van der Waals surface area (Å²) in [6.07, 6.45) is 3.75. The molecule has 1 heterocycles. The molecule has 0 spiro atoms. The van der Waals surface area contributed by atoms with E-state index in [1.165, 1.54) is 11.3 Å². The summed E-state index contributed by atoms with van der Waals surface area (Å²) in [6, 6.07) is 0. The van der Waals surface area contributed by atoms with Crippen molar-refractivity contribution in [3.8, 4) is 0 Å². The lowest BCUT2D eigenvalue weighted by Crippen LogP contribution is -2.29. The van der Waals surface area contributed by atoms with Gasteiger partial charge < -0.3 is 4.74 Å². The normalized spacial score (nSPS) is 10.1. The lowest BCUT2D eigenvalue weighted by Gasteiger charge is -1.99. The van der Waals surface area contributed by atoms with Crippen molar-refractivity contribution in [1.29, 1.82) is 0 Å². The number of amides is 1. The van der Waals surface area contributed by atoms with Crippen LogP contribution in [0.1, 0.15) is 28.3 Å². The van der Waals surface area contributed by atoms with Gasteiger partial charge in [0.05, 0.1) is 12.3 Å². The molecular formula is C10H15N3O2S. The van der Waals surface area contributed by atoms with Gasteiger partial charge in [-0.3, -0.25) is 10.2 Å². The van der Waals surface area contributed by atoms with Crippen molar-refractivity contribution in [2.24, 2.45) is 5.84 Å². The van der Waals surface area contributed by atoms with Crippen molar-refractivity contribution < 1.29 is 9.53 Å². The fourth-order valence-corrected chi connectivity index (χ4v) is 1.75. The van der Waals surface area contributed by atoms with Crippen LogP contribution in [0.5, 0.6) is 0 Å². The Morgan fingerprint density at radius 2 is 2.56 bits per heavy atom. The number of ether oxygens (including phenoxy) is 1. The number of hydrazine groups is 1. The summed E-state index contributed by atoms with van der Waals surface area (Å²) < 4.78 is 5.38. The molecule has 0 unspecified atom stereocenters. The first kappa shape index (κ1) is 12.8. The Kier molecular flexibility index (Phi) is 5.69. The van der Waals surface area contributed by atoms with Crippen molar-refractivity contribution in [3.05, 3.63) is 28.7 Å². The molecular weight excluding hydrogens is 226 g/mol. The number of thiazole rings is 1. The molecule has 1 rings (SSSR count). The number of carbonyl (C=O) groups excluding carboxylic acids is 1. The highest BCUT2D eigenvalue weighted by molar-refractivity contribution is 7.11. The summed E-state index contributed by atoms with van der Waals surface area (Å²) in [5.41, 5.74) is 2.79. The van der Waals surface area contributed by atoms with Gasteiger partial charge in [0, 0.05) is 12.0 Å². The second-order valence-corrected chi connectivity index (χ2v) is 3.96. The molecule has 3 N–H and O–H groups in total. The molecule has 0 bridgehead atoms. The molecule has 6 heteroatoms. The van der Waals surface area contributed by atoms with Gasteiger partial charge in [-0.1, -0.05) is 6.08 Å².